The van der Waals surface area contributed by atoms with Crippen molar-refractivity contribution in [1.29, 1.82) is 0 Å². The summed E-state index contributed by atoms with van der Waals surface area (Å²) in [7, 11) is 2.22. The molecule has 3 atom stereocenters. The Morgan fingerprint density at radius 1 is 1.15 bits per heavy atom. The summed E-state index contributed by atoms with van der Waals surface area (Å²) in [6.07, 6.45) is 4.07. The average Bonchev–Trinajstić information content (AvgIpc) is 2.63. The zero-order chi connectivity index (χ0) is 14.4. The number of nitrogens with zero attached hydrogens (tertiary/aromatic N) is 2. The van der Waals surface area contributed by atoms with E-state index in [9.17, 15) is 0 Å². The number of fused-ring (bicyclic) bond motifs is 1. The second-order valence-electron chi connectivity index (χ2n) is 7.74. The summed E-state index contributed by atoms with van der Waals surface area (Å²) in [6, 6.07) is 0. The first-order valence-corrected chi connectivity index (χ1v) is 8.26. The van der Waals surface area contributed by atoms with Gasteiger partial charge in [-0.05, 0) is 39.4 Å². The SMILES string of the molecule is CN1CCCN(CC2(N)C3CCCOC3C2(C)C)CC1. The second kappa shape index (κ2) is 5.24. The van der Waals surface area contributed by atoms with Crippen LogP contribution in [0.5, 0.6) is 0 Å². The Labute approximate surface area is 123 Å². The molecule has 3 unspecified atom stereocenters. The number of ether oxygens (including phenoxy) is 1. The molecule has 0 spiro atoms. The van der Waals surface area contributed by atoms with E-state index in [0.29, 0.717) is 12.0 Å². The molecule has 0 aromatic heterocycles. The molecule has 2 N–H and O–H groups in total. The Morgan fingerprint density at radius 3 is 2.75 bits per heavy atom. The molecule has 2 aliphatic heterocycles. The lowest BCUT2D eigenvalue weighted by Gasteiger charge is -2.67. The van der Waals surface area contributed by atoms with Crippen LogP contribution in [0, 0.1) is 11.3 Å². The van der Waals surface area contributed by atoms with Crippen LogP contribution in [-0.4, -0.2) is 67.8 Å². The Hall–Kier alpha value is -0.160. The quantitative estimate of drug-likeness (QED) is 0.825. The summed E-state index contributed by atoms with van der Waals surface area (Å²) in [4.78, 5) is 5.03. The Balaban J connectivity index is 1.68. The Bertz CT molecular complexity index is 360. The van der Waals surface area contributed by atoms with Crippen molar-refractivity contribution in [3.05, 3.63) is 0 Å². The molecule has 2 heterocycles. The van der Waals surface area contributed by atoms with Gasteiger partial charge in [0, 0.05) is 43.1 Å². The minimum absolute atomic E-state index is 0.0685. The van der Waals surface area contributed by atoms with Crippen LogP contribution >= 0.6 is 0 Å². The highest BCUT2D eigenvalue weighted by Crippen LogP contribution is 2.57. The molecule has 3 rings (SSSR count). The summed E-state index contributed by atoms with van der Waals surface area (Å²) in [5.41, 5.74) is 6.96. The van der Waals surface area contributed by atoms with Gasteiger partial charge in [-0.15, -0.1) is 0 Å². The predicted molar refractivity (Wildman–Crippen MR) is 81.7 cm³/mol. The minimum atomic E-state index is -0.0685. The van der Waals surface area contributed by atoms with Crippen molar-refractivity contribution in [3.8, 4) is 0 Å². The third kappa shape index (κ3) is 2.21. The zero-order valence-electron chi connectivity index (χ0n) is 13.4. The molecule has 3 aliphatic rings. The van der Waals surface area contributed by atoms with E-state index in [1.807, 2.05) is 0 Å². The van der Waals surface area contributed by atoms with Crippen molar-refractivity contribution in [2.45, 2.75) is 44.8 Å². The Kier molecular flexibility index (Phi) is 3.87. The van der Waals surface area contributed by atoms with Gasteiger partial charge in [0.1, 0.15) is 0 Å². The van der Waals surface area contributed by atoms with Gasteiger partial charge in [-0.25, -0.2) is 0 Å². The topological polar surface area (TPSA) is 41.7 Å². The Morgan fingerprint density at radius 2 is 1.95 bits per heavy atom. The van der Waals surface area contributed by atoms with Crippen LogP contribution in [0.15, 0.2) is 0 Å². The molecule has 0 amide bonds. The lowest BCUT2D eigenvalue weighted by atomic mass is 9.46. The van der Waals surface area contributed by atoms with Crippen molar-refractivity contribution in [3.63, 3.8) is 0 Å². The zero-order valence-corrected chi connectivity index (χ0v) is 13.4. The van der Waals surface area contributed by atoms with E-state index in [4.69, 9.17) is 10.5 Å². The maximum Gasteiger partial charge on any atom is 0.0690 e. The van der Waals surface area contributed by atoms with Gasteiger partial charge in [-0.3, -0.25) is 0 Å². The van der Waals surface area contributed by atoms with E-state index < -0.39 is 0 Å². The summed E-state index contributed by atoms with van der Waals surface area (Å²) < 4.78 is 6.01. The van der Waals surface area contributed by atoms with E-state index in [2.05, 4.69) is 30.7 Å². The normalized spacial score (nSPS) is 42.6. The van der Waals surface area contributed by atoms with Gasteiger partial charge in [0.05, 0.1) is 6.10 Å². The van der Waals surface area contributed by atoms with Crippen LogP contribution in [-0.2, 0) is 4.74 Å². The fraction of sp³-hybridized carbons (Fsp3) is 1.00. The molecule has 0 aromatic carbocycles. The highest BCUT2D eigenvalue weighted by atomic mass is 16.5. The molecule has 1 aliphatic carbocycles. The molecule has 0 aromatic rings. The smallest absolute Gasteiger partial charge is 0.0690 e. The van der Waals surface area contributed by atoms with E-state index in [-0.39, 0.29) is 11.0 Å². The molecule has 1 saturated carbocycles. The first-order valence-electron chi connectivity index (χ1n) is 8.26. The molecule has 2 saturated heterocycles. The molecule has 3 fully saturated rings. The maximum atomic E-state index is 6.92. The average molecular weight is 281 g/mol. The fourth-order valence-electron chi connectivity index (χ4n) is 4.62. The molecular weight excluding hydrogens is 250 g/mol. The van der Waals surface area contributed by atoms with Gasteiger partial charge in [0.25, 0.3) is 0 Å². The summed E-state index contributed by atoms with van der Waals surface area (Å²) >= 11 is 0. The molecule has 20 heavy (non-hydrogen) atoms. The molecule has 4 heteroatoms. The maximum absolute atomic E-state index is 6.92. The lowest BCUT2D eigenvalue weighted by Crippen LogP contribution is -2.80. The summed E-state index contributed by atoms with van der Waals surface area (Å²) in [5.74, 6) is 0.562. The molecule has 4 nitrogen and oxygen atoms in total. The third-order valence-electron chi connectivity index (χ3n) is 6.19. The third-order valence-corrected chi connectivity index (χ3v) is 6.19. The van der Waals surface area contributed by atoms with Crippen LogP contribution < -0.4 is 5.73 Å². The second-order valence-corrected chi connectivity index (χ2v) is 7.74. The van der Waals surface area contributed by atoms with Gasteiger partial charge < -0.3 is 20.3 Å². The first-order chi connectivity index (χ1) is 9.45. The van der Waals surface area contributed by atoms with Gasteiger partial charge in [0.15, 0.2) is 0 Å². The van der Waals surface area contributed by atoms with E-state index in [1.54, 1.807) is 0 Å². The fourth-order valence-corrected chi connectivity index (χ4v) is 4.62. The predicted octanol–water partition coefficient (Wildman–Crippen LogP) is 1.16. The lowest BCUT2D eigenvalue weighted by molar-refractivity contribution is -0.232. The van der Waals surface area contributed by atoms with E-state index in [0.717, 1.165) is 19.7 Å². The highest BCUT2D eigenvalue weighted by Gasteiger charge is 2.66. The largest absolute Gasteiger partial charge is 0.377 e. The van der Waals surface area contributed by atoms with Crippen LogP contribution in [0.1, 0.15) is 33.1 Å². The number of rotatable bonds is 2. The first kappa shape index (κ1) is 14.8. The van der Waals surface area contributed by atoms with Gasteiger partial charge in [-0.1, -0.05) is 13.8 Å². The number of hydrogen-bond acceptors (Lipinski definition) is 4. The van der Waals surface area contributed by atoms with Crippen LogP contribution in [0.4, 0.5) is 0 Å². The standard InChI is InChI=1S/C16H31N3O/c1-15(2)14-13(6-4-11-20-14)16(15,17)12-19-8-5-7-18(3)9-10-19/h13-14H,4-12,17H2,1-3H3. The van der Waals surface area contributed by atoms with Gasteiger partial charge in [-0.2, -0.15) is 0 Å². The molecule has 116 valence electrons. The van der Waals surface area contributed by atoms with Crippen molar-refractivity contribution >= 4 is 0 Å². The van der Waals surface area contributed by atoms with Crippen LogP contribution in [0.25, 0.3) is 0 Å². The number of hydrogen-bond donors (Lipinski definition) is 1. The highest BCUT2D eigenvalue weighted by molar-refractivity contribution is 5.20. The van der Waals surface area contributed by atoms with Crippen molar-refractivity contribution < 1.29 is 4.74 Å². The molecular formula is C16H31N3O. The summed E-state index contributed by atoms with van der Waals surface area (Å²) in [5, 5.41) is 0. The van der Waals surface area contributed by atoms with E-state index in [1.165, 1.54) is 38.9 Å². The number of likely N-dealkylation sites (N-methyl/N-ethyl adjacent to an activating group) is 1. The van der Waals surface area contributed by atoms with Crippen molar-refractivity contribution in [2.75, 3.05) is 46.4 Å². The van der Waals surface area contributed by atoms with E-state index >= 15 is 0 Å². The number of nitrogens with two attached hydrogens (primary N) is 1. The van der Waals surface area contributed by atoms with Gasteiger partial charge in [0.2, 0.25) is 0 Å². The minimum Gasteiger partial charge on any atom is -0.377 e. The summed E-state index contributed by atoms with van der Waals surface area (Å²) in [6.45, 7) is 11.3. The van der Waals surface area contributed by atoms with Gasteiger partial charge >= 0.3 is 0 Å². The monoisotopic (exact) mass is 281 g/mol. The van der Waals surface area contributed by atoms with Crippen LogP contribution in [0.2, 0.25) is 0 Å². The van der Waals surface area contributed by atoms with Crippen molar-refractivity contribution in [2.24, 2.45) is 17.1 Å². The van der Waals surface area contributed by atoms with Crippen LogP contribution in [0.3, 0.4) is 0 Å². The molecule has 0 bridgehead atoms. The van der Waals surface area contributed by atoms with Crippen molar-refractivity contribution in [1.82, 2.24) is 9.80 Å². The molecule has 0 radical (unpaired) electrons.